The van der Waals surface area contributed by atoms with E-state index < -0.39 is 5.41 Å². The van der Waals surface area contributed by atoms with E-state index in [1.807, 2.05) is 13.8 Å². The maximum absolute atomic E-state index is 9.50. The van der Waals surface area contributed by atoms with Crippen LogP contribution >= 0.6 is 11.3 Å². The van der Waals surface area contributed by atoms with Crippen molar-refractivity contribution < 1.29 is 5.11 Å². The van der Waals surface area contributed by atoms with Gasteiger partial charge in [-0.05, 0) is 24.8 Å². The van der Waals surface area contributed by atoms with Gasteiger partial charge in [-0.3, -0.25) is 0 Å². The number of hydrogen-bond donors (Lipinski definition) is 1. The minimum atomic E-state index is -0.581. The lowest BCUT2D eigenvalue weighted by molar-refractivity contribution is 0.258. The van der Waals surface area contributed by atoms with Crippen LogP contribution in [0.3, 0.4) is 0 Å². The third-order valence-corrected chi connectivity index (χ3v) is 4.19. The first-order chi connectivity index (χ1) is 8.10. The Kier molecular flexibility index (Phi) is 4.69. The second-order valence-electron chi connectivity index (χ2n) is 4.38. The Labute approximate surface area is 106 Å². The molecule has 0 fully saturated rings. The summed E-state index contributed by atoms with van der Waals surface area (Å²) in [4.78, 5) is 0.931. The molecule has 90 valence electrons. The normalized spacial score (nSPS) is 14.0. The summed E-state index contributed by atoms with van der Waals surface area (Å²) < 4.78 is 0. The summed E-state index contributed by atoms with van der Waals surface area (Å²) in [6.07, 6.45) is 1.23. The van der Waals surface area contributed by atoms with Gasteiger partial charge in [0.1, 0.15) is 6.07 Å². The Morgan fingerprint density at radius 1 is 1.47 bits per heavy atom. The molecule has 0 aliphatic rings. The molecule has 0 spiro atoms. The van der Waals surface area contributed by atoms with Crippen molar-refractivity contribution in [3.05, 3.63) is 21.9 Å². The lowest BCUT2D eigenvalue weighted by Gasteiger charge is -2.29. The van der Waals surface area contributed by atoms with Crippen molar-refractivity contribution in [1.29, 1.82) is 10.5 Å². The van der Waals surface area contributed by atoms with E-state index in [-0.39, 0.29) is 12.5 Å². The predicted octanol–water partition coefficient (Wildman–Crippen LogP) is 2.81. The first-order valence-electron chi connectivity index (χ1n) is 5.62. The number of nitriles is 2. The van der Waals surface area contributed by atoms with Crippen LogP contribution in [0.15, 0.2) is 11.4 Å². The van der Waals surface area contributed by atoms with E-state index in [0.29, 0.717) is 18.4 Å². The molecule has 1 atom stereocenters. The molecular formula is C13H16N2OS. The van der Waals surface area contributed by atoms with Gasteiger partial charge in [-0.15, -0.1) is 11.3 Å². The lowest BCUT2D eigenvalue weighted by Crippen LogP contribution is -2.30. The van der Waals surface area contributed by atoms with Crippen molar-refractivity contribution in [2.45, 2.75) is 32.1 Å². The lowest BCUT2D eigenvalue weighted by atomic mass is 9.73. The number of rotatable bonds is 5. The molecule has 1 aromatic rings. The topological polar surface area (TPSA) is 67.8 Å². The fraction of sp³-hybridized carbons (Fsp3) is 0.538. The number of aliphatic hydroxyl groups is 1. The van der Waals surface area contributed by atoms with Crippen molar-refractivity contribution in [1.82, 2.24) is 0 Å². The highest BCUT2D eigenvalue weighted by Gasteiger charge is 2.36. The van der Waals surface area contributed by atoms with Crippen LogP contribution in [0, 0.1) is 28.6 Å². The van der Waals surface area contributed by atoms with Gasteiger partial charge >= 0.3 is 0 Å². The fourth-order valence-electron chi connectivity index (χ4n) is 1.92. The van der Waals surface area contributed by atoms with Crippen LogP contribution < -0.4 is 0 Å². The third-order valence-electron chi connectivity index (χ3n) is 3.08. The number of aliphatic hydroxyl groups excluding tert-OH is 1. The number of thiophene rings is 1. The van der Waals surface area contributed by atoms with Crippen molar-refractivity contribution >= 4 is 11.3 Å². The molecule has 3 nitrogen and oxygen atoms in total. The highest BCUT2D eigenvalue weighted by atomic mass is 32.1. The van der Waals surface area contributed by atoms with E-state index in [0.717, 1.165) is 4.88 Å². The van der Waals surface area contributed by atoms with Gasteiger partial charge in [0.25, 0.3) is 0 Å². The van der Waals surface area contributed by atoms with Crippen LogP contribution in [-0.4, -0.2) is 11.7 Å². The molecule has 1 rings (SSSR count). The van der Waals surface area contributed by atoms with Gasteiger partial charge in [0.15, 0.2) is 0 Å². The van der Waals surface area contributed by atoms with E-state index >= 15 is 0 Å². The predicted molar refractivity (Wildman–Crippen MR) is 67.5 cm³/mol. The van der Waals surface area contributed by atoms with Gasteiger partial charge in [-0.25, -0.2) is 0 Å². The van der Waals surface area contributed by atoms with Crippen LogP contribution in [0.4, 0.5) is 0 Å². The maximum Gasteiger partial charge on any atom is 0.100 e. The first kappa shape index (κ1) is 13.7. The Bertz CT molecular complexity index is 453. The molecule has 0 saturated heterocycles. The first-order valence-corrected chi connectivity index (χ1v) is 6.50. The van der Waals surface area contributed by atoms with E-state index in [9.17, 15) is 5.26 Å². The highest BCUT2D eigenvalue weighted by Crippen LogP contribution is 2.39. The van der Waals surface area contributed by atoms with E-state index in [1.165, 1.54) is 11.3 Å². The van der Waals surface area contributed by atoms with Gasteiger partial charge in [0.2, 0.25) is 0 Å². The monoisotopic (exact) mass is 248 g/mol. The van der Waals surface area contributed by atoms with E-state index in [1.54, 1.807) is 11.4 Å². The molecule has 4 heteroatoms. The summed E-state index contributed by atoms with van der Waals surface area (Å²) in [5, 5.41) is 29.1. The molecular weight excluding hydrogens is 232 g/mol. The standard InChI is InChI=1S/C13H16N2OS/c1-10(2)13(9-15,4-3-5-16)12-6-11(7-14)8-17-12/h6,8,10,16H,3-5H2,1-2H3. The second kappa shape index (κ2) is 5.82. The zero-order valence-corrected chi connectivity index (χ0v) is 10.9. The zero-order valence-electron chi connectivity index (χ0n) is 10.1. The fourth-order valence-corrected chi connectivity index (χ4v) is 3.09. The van der Waals surface area contributed by atoms with Crippen LogP contribution in [-0.2, 0) is 5.41 Å². The molecule has 1 aromatic heterocycles. The summed E-state index contributed by atoms with van der Waals surface area (Å²) in [5.41, 5.74) is 0.0250. The van der Waals surface area contributed by atoms with Crippen LogP contribution in [0.25, 0.3) is 0 Å². The average Bonchev–Trinajstić information content (AvgIpc) is 2.79. The Balaban J connectivity index is 3.14. The Morgan fingerprint density at radius 3 is 2.59 bits per heavy atom. The van der Waals surface area contributed by atoms with Gasteiger partial charge in [-0.1, -0.05) is 13.8 Å². The molecule has 0 bridgehead atoms. The molecule has 1 unspecified atom stereocenters. The second-order valence-corrected chi connectivity index (χ2v) is 5.29. The largest absolute Gasteiger partial charge is 0.396 e. The summed E-state index contributed by atoms with van der Waals surface area (Å²) >= 11 is 1.46. The van der Waals surface area contributed by atoms with Crippen molar-refractivity contribution in [2.75, 3.05) is 6.61 Å². The number of hydrogen-bond acceptors (Lipinski definition) is 4. The van der Waals surface area contributed by atoms with Gasteiger partial charge in [0, 0.05) is 16.9 Å². The molecule has 1 heterocycles. The van der Waals surface area contributed by atoms with Crippen molar-refractivity contribution in [2.24, 2.45) is 5.92 Å². The number of nitrogens with zero attached hydrogens (tertiary/aromatic N) is 2. The summed E-state index contributed by atoms with van der Waals surface area (Å²) in [7, 11) is 0. The van der Waals surface area contributed by atoms with Gasteiger partial charge in [-0.2, -0.15) is 10.5 Å². The molecule has 1 N–H and O–H groups in total. The highest BCUT2D eigenvalue weighted by molar-refractivity contribution is 7.10. The SMILES string of the molecule is CC(C)C(C#N)(CCCO)c1cc(C#N)cs1. The summed E-state index contributed by atoms with van der Waals surface area (Å²) in [6, 6.07) is 6.28. The Morgan fingerprint density at radius 2 is 2.18 bits per heavy atom. The molecule has 0 aliphatic heterocycles. The van der Waals surface area contributed by atoms with E-state index in [2.05, 4.69) is 12.1 Å². The average molecular weight is 248 g/mol. The molecule has 0 amide bonds. The Hall–Kier alpha value is -1.36. The quantitative estimate of drug-likeness (QED) is 0.871. The molecule has 0 saturated carbocycles. The van der Waals surface area contributed by atoms with Crippen LogP contribution in [0.2, 0.25) is 0 Å². The third kappa shape index (κ3) is 2.66. The van der Waals surface area contributed by atoms with E-state index in [4.69, 9.17) is 10.4 Å². The van der Waals surface area contributed by atoms with Crippen LogP contribution in [0.1, 0.15) is 37.1 Å². The minimum absolute atomic E-state index is 0.0899. The smallest absolute Gasteiger partial charge is 0.100 e. The van der Waals surface area contributed by atoms with Gasteiger partial charge in [0.05, 0.1) is 17.0 Å². The molecule has 17 heavy (non-hydrogen) atoms. The van der Waals surface area contributed by atoms with Crippen molar-refractivity contribution in [3.8, 4) is 12.1 Å². The molecule has 0 aromatic carbocycles. The summed E-state index contributed by atoms with van der Waals surface area (Å²) in [5.74, 6) is 0.157. The maximum atomic E-state index is 9.50. The zero-order chi connectivity index (χ0) is 12.9. The minimum Gasteiger partial charge on any atom is -0.396 e. The summed E-state index contributed by atoms with van der Waals surface area (Å²) in [6.45, 7) is 4.10. The van der Waals surface area contributed by atoms with Gasteiger partial charge < -0.3 is 5.11 Å². The van der Waals surface area contributed by atoms with Crippen molar-refractivity contribution in [3.63, 3.8) is 0 Å². The molecule has 0 aliphatic carbocycles. The molecule has 0 radical (unpaired) electrons. The van der Waals surface area contributed by atoms with Crippen LogP contribution in [0.5, 0.6) is 0 Å².